The number of hydrogen-bond acceptors (Lipinski definition) is 5. The maximum absolute atomic E-state index is 11.4. The van der Waals surface area contributed by atoms with Crippen LogP contribution in [0.4, 0.5) is 4.79 Å². The van der Waals surface area contributed by atoms with Crippen molar-refractivity contribution in [3.05, 3.63) is 23.8 Å². The van der Waals surface area contributed by atoms with Gasteiger partial charge in [0.1, 0.15) is 5.75 Å². The quantitative estimate of drug-likeness (QED) is 0.797. The lowest BCUT2D eigenvalue weighted by atomic mass is 9.64. The van der Waals surface area contributed by atoms with Crippen molar-refractivity contribution in [2.75, 3.05) is 0 Å². The second-order valence-corrected chi connectivity index (χ2v) is 5.19. The Labute approximate surface area is 108 Å². The summed E-state index contributed by atoms with van der Waals surface area (Å²) in [5.41, 5.74) is 1.41. The number of rotatable bonds is 2. The number of carbonyl (C=O) groups excluding carboxylic acids is 2. The number of ether oxygens (including phenoxy) is 1. The van der Waals surface area contributed by atoms with Gasteiger partial charge in [0.05, 0.1) is 6.61 Å². The van der Waals surface area contributed by atoms with Crippen molar-refractivity contribution < 1.29 is 19.0 Å². The predicted octanol–water partition coefficient (Wildman–Crippen LogP) is 0.733. The zero-order valence-electron chi connectivity index (χ0n) is 9.64. The first-order valence-corrected chi connectivity index (χ1v) is 6.44. The van der Waals surface area contributed by atoms with E-state index in [0.717, 1.165) is 22.8 Å². The topological polar surface area (TPSA) is 64.6 Å². The highest BCUT2D eigenvalue weighted by Crippen LogP contribution is 2.24. The predicted molar refractivity (Wildman–Crippen MR) is 68.0 cm³/mol. The van der Waals surface area contributed by atoms with Crippen LogP contribution in [-0.2, 0) is 16.1 Å². The van der Waals surface area contributed by atoms with Crippen LogP contribution >= 0.6 is 11.8 Å². The first-order chi connectivity index (χ1) is 8.63. The van der Waals surface area contributed by atoms with Gasteiger partial charge in [0.15, 0.2) is 0 Å². The molecule has 0 saturated carbocycles. The molecular formula is C11H10BNO4S. The van der Waals surface area contributed by atoms with Gasteiger partial charge in [-0.1, -0.05) is 12.9 Å². The van der Waals surface area contributed by atoms with Crippen molar-refractivity contribution in [2.45, 2.75) is 18.9 Å². The summed E-state index contributed by atoms with van der Waals surface area (Å²) in [5.74, 6) is 0.170. The van der Waals surface area contributed by atoms with Crippen molar-refractivity contribution in [3.8, 4) is 5.75 Å². The van der Waals surface area contributed by atoms with Crippen LogP contribution < -0.4 is 15.5 Å². The second-order valence-electron chi connectivity index (χ2n) is 4.16. The molecule has 92 valence electrons. The zero-order chi connectivity index (χ0) is 12.7. The highest BCUT2D eigenvalue weighted by molar-refractivity contribution is 8.15. The minimum Gasteiger partial charge on any atom is -0.469 e. The monoisotopic (exact) mass is 263 g/mol. The summed E-state index contributed by atoms with van der Waals surface area (Å²) in [4.78, 5) is 22.4. The van der Waals surface area contributed by atoms with Crippen LogP contribution in [0.5, 0.6) is 5.75 Å². The van der Waals surface area contributed by atoms with Gasteiger partial charge in [-0.3, -0.25) is 14.9 Å². The lowest BCUT2D eigenvalue weighted by molar-refractivity contribution is -0.122. The highest BCUT2D eigenvalue weighted by Gasteiger charge is 2.34. The van der Waals surface area contributed by atoms with E-state index in [4.69, 9.17) is 9.39 Å². The molecule has 1 atom stereocenters. The van der Waals surface area contributed by atoms with E-state index >= 15 is 0 Å². The Hall–Kier alpha value is -1.47. The fourth-order valence-electron chi connectivity index (χ4n) is 2.00. The van der Waals surface area contributed by atoms with Gasteiger partial charge in [0.2, 0.25) is 5.44 Å². The first kappa shape index (κ1) is 11.6. The smallest absolute Gasteiger partial charge is 0.324 e. The van der Waals surface area contributed by atoms with E-state index in [1.54, 1.807) is 6.07 Å². The number of thioether (sulfide) groups is 1. The zero-order valence-corrected chi connectivity index (χ0v) is 10.5. The lowest BCUT2D eigenvalue weighted by Gasteiger charge is -2.10. The fourth-order valence-corrected chi connectivity index (χ4v) is 2.68. The minimum absolute atomic E-state index is 0.0373. The third kappa shape index (κ3) is 1.99. The number of carbonyl (C=O) groups is 2. The molecule has 2 aliphatic rings. The third-order valence-electron chi connectivity index (χ3n) is 2.94. The normalized spacial score (nSPS) is 22.1. The number of benzene rings is 1. The average Bonchev–Trinajstić information content (AvgIpc) is 2.84. The lowest BCUT2D eigenvalue weighted by Crippen LogP contribution is -2.28. The fraction of sp³-hybridized carbons (Fsp3) is 0.273. The van der Waals surface area contributed by atoms with E-state index in [0.29, 0.717) is 12.4 Å². The molecule has 0 aromatic heterocycles. The Balaban J connectivity index is 1.80. The van der Waals surface area contributed by atoms with E-state index in [1.165, 1.54) is 0 Å². The van der Waals surface area contributed by atoms with Crippen LogP contribution in [0.15, 0.2) is 18.2 Å². The summed E-state index contributed by atoms with van der Waals surface area (Å²) < 4.78 is 11.0. The molecule has 0 bridgehead atoms. The molecule has 5 nitrogen and oxygen atoms in total. The van der Waals surface area contributed by atoms with E-state index in [-0.39, 0.29) is 12.2 Å². The Morgan fingerprint density at radius 1 is 1.50 bits per heavy atom. The summed E-state index contributed by atoms with van der Waals surface area (Å²) in [7, 11) is 0. The molecule has 2 heterocycles. The van der Waals surface area contributed by atoms with Crippen LogP contribution in [0.3, 0.4) is 0 Å². The van der Waals surface area contributed by atoms with Gasteiger partial charge in [-0.25, -0.2) is 0 Å². The number of fused-ring (bicyclic) bond motifs is 1. The van der Waals surface area contributed by atoms with E-state index in [9.17, 15) is 9.59 Å². The number of amides is 2. The van der Waals surface area contributed by atoms with Gasteiger partial charge in [0, 0.05) is 0 Å². The summed E-state index contributed by atoms with van der Waals surface area (Å²) >= 11 is 0.850. The maximum atomic E-state index is 11.4. The molecule has 1 unspecified atom stereocenters. The molecular weight excluding hydrogens is 253 g/mol. The maximum Gasteiger partial charge on any atom is 0.324 e. The summed E-state index contributed by atoms with van der Waals surface area (Å²) in [6, 6.07) is 5.58. The number of nitrogens with one attached hydrogen (secondary N) is 1. The van der Waals surface area contributed by atoms with Crippen LogP contribution in [0.2, 0.25) is 6.82 Å². The summed E-state index contributed by atoms with van der Waals surface area (Å²) in [6.45, 7) is 2.61. The van der Waals surface area contributed by atoms with E-state index in [2.05, 4.69) is 5.32 Å². The highest BCUT2D eigenvalue weighted by atomic mass is 32.2. The molecule has 0 aliphatic carbocycles. The third-order valence-corrected chi connectivity index (χ3v) is 3.78. The molecule has 1 fully saturated rings. The molecule has 2 amide bonds. The van der Waals surface area contributed by atoms with Gasteiger partial charge in [-0.15, -0.1) is 0 Å². The Morgan fingerprint density at radius 2 is 2.33 bits per heavy atom. The van der Waals surface area contributed by atoms with Crippen LogP contribution in [0.25, 0.3) is 0 Å². The van der Waals surface area contributed by atoms with Crippen molar-refractivity contribution in [2.24, 2.45) is 0 Å². The van der Waals surface area contributed by atoms with Gasteiger partial charge in [-0.2, -0.15) is 0 Å². The average molecular weight is 263 g/mol. The molecule has 2 aliphatic heterocycles. The Kier molecular flexibility index (Phi) is 2.79. The van der Waals surface area contributed by atoms with Crippen molar-refractivity contribution in [1.29, 1.82) is 0 Å². The molecule has 3 rings (SSSR count). The van der Waals surface area contributed by atoms with Gasteiger partial charge < -0.3 is 9.39 Å². The molecule has 1 saturated heterocycles. The second kappa shape index (κ2) is 4.33. The van der Waals surface area contributed by atoms with E-state index in [1.807, 2.05) is 19.0 Å². The molecule has 18 heavy (non-hydrogen) atoms. The molecule has 7 heteroatoms. The molecule has 1 aromatic carbocycles. The van der Waals surface area contributed by atoms with Gasteiger partial charge >= 0.3 is 6.92 Å². The molecule has 1 aromatic rings. The summed E-state index contributed by atoms with van der Waals surface area (Å²) in [6.07, 6.45) is 0. The SMILES string of the molecule is CB1OCc2ccc(OC3SC(=O)NC3=O)cc21. The number of hydrogen-bond donors (Lipinski definition) is 1. The largest absolute Gasteiger partial charge is 0.469 e. The molecule has 0 spiro atoms. The van der Waals surface area contributed by atoms with Gasteiger partial charge in [-0.05, 0) is 34.9 Å². The molecule has 1 N–H and O–H groups in total. The van der Waals surface area contributed by atoms with Crippen molar-refractivity contribution in [1.82, 2.24) is 5.32 Å². The first-order valence-electron chi connectivity index (χ1n) is 5.56. The molecule has 0 radical (unpaired) electrons. The van der Waals surface area contributed by atoms with Crippen LogP contribution in [0, 0.1) is 0 Å². The Bertz CT molecular complexity index is 536. The summed E-state index contributed by atoms with van der Waals surface area (Å²) in [5, 5.41) is 1.81. The van der Waals surface area contributed by atoms with Gasteiger partial charge in [0.25, 0.3) is 11.1 Å². The number of imide groups is 1. The van der Waals surface area contributed by atoms with Crippen molar-refractivity contribution in [3.63, 3.8) is 0 Å². The van der Waals surface area contributed by atoms with Crippen molar-refractivity contribution >= 4 is 35.3 Å². The van der Waals surface area contributed by atoms with Crippen LogP contribution in [-0.4, -0.2) is 23.5 Å². The minimum atomic E-state index is -0.798. The standard InChI is InChI=1S/C11H10BNO4S/c1-12-8-4-7(3-2-6(8)5-16-12)17-10-9(14)13-11(15)18-10/h2-4,10H,5H2,1H3,(H,13,14,15). The van der Waals surface area contributed by atoms with E-state index < -0.39 is 11.3 Å². The Morgan fingerprint density at radius 3 is 3.06 bits per heavy atom. The van der Waals surface area contributed by atoms with Crippen LogP contribution in [0.1, 0.15) is 5.56 Å².